The number of halogens is 2. The fourth-order valence-corrected chi connectivity index (χ4v) is 3.08. The van der Waals surface area contributed by atoms with Crippen LogP contribution in [-0.4, -0.2) is 17.0 Å². The maximum atomic E-state index is 12.1. The van der Waals surface area contributed by atoms with Crippen LogP contribution >= 0.6 is 31.9 Å². The van der Waals surface area contributed by atoms with Crippen molar-refractivity contribution in [2.24, 2.45) is 5.92 Å². The molecule has 19 heavy (non-hydrogen) atoms. The van der Waals surface area contributed by atoms with E-state index in [-0.39, 0.29) is 17.4 Å². The van der Waals surface area contributed by atoms with Crippen LogP contribution in [0.3, 0.4) is 0 Å². The molecule has 0 aliphatic carbocycles. The van der Waals surface area contributed by atoms with E-state index in [1.165, 1.54) is 6.07 Å². The van der Waals surface area contributed by atoms with Crippen LogP contribution in [0.5, 0.6) is 0 Å². The van der Waals surface area contributed by atoms with Crippen LogP contribution in [0.25, 0.3) is 0 Å². The van der Waals surface area contributed by atoms with E-state index in [1.807, 2.05) is 13.8 Å². The molecule has 1 aromatic carbocycles. The van der Waals surface area contributed by atoms with Gasteiger partial charge in [0.2, 0.25) is 5.91 Å². The van der Waals surface area contributed by atoms with Gasteiger partial charge in [-0.25, -0.2) is 4.79 Å². The van der Waals surface area contributed by atoms with Gasteiger partial charge in [-0.2, -0.15) is 0 Å². The standard InChI is InChI=1S/C13H15Br2NO3/c1-3-7(4-2)12(17)16-11-9(13(18)19)5-8(14)6-10(11)15/h5-7H,3-4H2,1-2H3,(H,16,17)(H,18,19). The Morgan fingerprint density at radius 3 is 2.32 bits per heavy atom. The lowest BCUT2D eigenvalue weighted by molar-refractivity contribution is -0.120. The van der Waals surface area contributed by atoms with E-state index in [9.17, 15) is 14.7 Å². The van der Waals surface area contributed by atoms with Gasteiger partial charge in [0, 0.05) is 14.9 Å². The van der Waals surface area contributed by atoms with Crippen LogP contribution in [0.15, 0.2) is 21.1 Å². The summed E-state index contributed by atoms with van der Waals surface area (Å²) in [4.78, 5) is 23.3. The highest BCUT2D eigenvalue weighted by Gasteiger charge is 2.20. The minimum atomic E-state index is -1.08. The molecule has 0 spiro atoms. The van der Waals surface area contributed by atoms with E-state index in [1.54, 1.807) is 6.07 Å². The molecule has 0 saturated carbocycles. The molecular formula is C13H15Br2NO3. The molecule has 0 unspecified atom stereocenters. The number of amides is 1. The van der Waals surface area contributed by atoms with Crippen LogP contribution in [-0.2, 0) is 4.79 Å². The Bertz CT molecular complexity index is 499. The predicted octanol–water partition coefficient (Wildman–Crippen LogP) is 4.28. The third-order valence-corrected chi connectivity index (χ3v) is 3.97. The van der Waals surface area contributed by atoms with E-state index in [4.69, 9.17) is 0 Å². The minimum absolute atomic E-state index is 0.0561. The van der Waals surface area contributed by atoms with E-state index in [0.717, 1.165) is 12.8 Å². The number of carbonyl (C=O) groups is 2. The summed E-state index contributed by atoms with van der Waals surface area (Å²) < 4.78 is 1.18. The average molecular weight is 393 g/mol. The number of aromatic carboxylic acids is 1. The first-order valence-electron chi connectivity index (χ1n) is 5.93. The Hall–Kier alpha value is -0.880. The Labute approximate surface area is 128 Å². The summed E-state index contributed by atoms with van der Waals surface area (Å²) in [5.41, 5.74) is 0.355. The van der Waals surface area contributed by atoms with Crippen molar-refractivity contribution in [3.05, 3.63) is 26.6 Å². The van der Waals surface area contributed by atoms with Crippen molar-refractivity contribution in [1.82, 2.24) is 0 Å². The zero-order chi connectivity index (χ0) is 14.6. The minimum Gasteiger partial charge on any atom is -0.478 e. The van der Waals surface area contributed by atoms with Crippen molar-refractivity contribution in [2.45, 2.75) is 26.7 Å². The van der Waals surface area contributed by atoms with Gasteiger partial charge < -0.3 is 10.4 Å². The Morgan fingerprint density at radius 2 is 1.84 bits per heavy atom. The summed E-state index contributed by atoms with van der Waals surface area (Å²) >= 11 is 6.51. The highest BCUT2D eigenvalue weighted by atomic mass is 79.9. The lowest BCUT2D eigenvalue weighted by Crippen LogP contribution is -2.23. The molecule has 1 aromatic rings. The number of rotatable bonds is 5. The molecule has 0 heterocycles. The van der Waals surface area contributed by atoms with E-state index in [2.05, 4.69) is 37.2 Å². The normalized spacial score (nSPS) is 10.6. The number of anilines is 1. The van der Waals surface area contributed by atoms with Crippen molar-refractivity contribution in [3.63, 3.8) is 0 Å². The van der Waals surface area contributed by atoms with Gasteiger partial charge in [0.05, 0.1) is 11.3 Å². The van der Waals surface area contributed by atoms with Crippen molar-refractivity contribution in [3.8, 4) is 0 Å². The molecule has 2 N–H and O–H groups in total. The van der Waals surface area contributed by atoms with Crippen molar-refractivity contribution < 1.29 is 14.7 Å². The largest absolute Gasteiger partial charge is 0.478 e. The molecule has 4 nitrogen and oxygen atoms in total. The summed E-state index contributed by atoms with van der Waals surface area (Å²) in [7, 11) is 0. The summed E-state index contributed by atoms with van der Waals surface area (Å²) in [5.74, 6) is -1.35. The fourth-order valence-electron chi connectivity index (χ4n) is 1.75. The first kappa shape index (κ1) is 16.2. The maximum absolute atomic E-state index is 12.1. The first-order chi connectivity index (χ1) is 8.90. The molecule has 0 aliphatic rings. The van der Waals surface area contributed by atoms with E-state index in [0.29, 0.717) is 14.6 Å². The fraction of sp³-hybridized carbons (Fsp3) is 0.385. The van der Waals surface area contributed by atoms with Crippen molar-refractivity contribution in [1.29, 1.82) is 0 Å². The molecule has 1 amide bonds. The quantitative estimate of drug-likeness (QED) is 0.785. The Balaban J connectivity index is 3.13. The lowest BCUT2D eigenvalue weighted by atomic mass is 10.0. The first-order valence-corrected chi connectivity index (χ1v) is 7.52. The number of carbonyl (C=O) groups excluding carboxylic acids is 1. The number of hydrogen-bond donors (Lipinski definition) is 2. The molecule has 104 valence electrons. The van der Waals surface area contributed by atoms with Crippen molar-refractivity contribution >= 4 is 49.4 Å². The molecule has 0 bridgehead atoms. The highest BCUT2D eigenvalue weighted by molar-refractivity contribution is 9.11. The van der Waals surface area contributed by atoms with Gasteiger partial charge in [-0.15, -0.1) is 0 Å². The smallest absolute Gasteiger partial charge is 0.337 e. The van der Waals surface area contributed by atoms with Crippen LogP contribution in [0.2, 0.25) is 0 Å². The molecule has 0 atom stereocenters. The number of carboxylic acid groups (broad SMARTS) is 1. The second-order valence-electron chi connectivity index (χ2n) is 4.12. The topological polar surface area (TPSA) is 66.4 Å². The second kappa shape index (κ2) is 7.05. The van der Waals surface area contributed by atoms with Crippen LogP contribution in [0.1, 0.15) is 37.0 Å². The zero-order valence-corrected chi connectivity index (χ0v) is 13.8. The van der Waals surface area contributed by atoms with Gasteiger partial charge in [-0.3, -0.25) is 4.79 Å². The SMILES string of the molecule is CCC(CC)C(=O)Nc1c(Br)cc(Br)cc1C(=O)O. The molecule has 0 aliphatic heterocycles. The summed E-state index contributed by atoms with van der Waals surface area (Å²) in [6.45, 7) is 3.87. The molecule has 0 aromatic heterocycles. The monoisotopic (exact) mass is 391 g/mol. The summed E-state index contributed by atoms with van der Waals surface area (Å²) in [5, 5.41) is 11.9. The number of hydrogen-bond acceptors (Lipinski definition) is 2. The molecule has 6 heteroatoms. The molecule has 0 fully saturated rings. The van der Waals surface area contributed by atoms with E-state index >= 15 is 0 Å². The third-order valence-electron chi connectivity index (χ3n) is 2.89. The van der Waals surface area contributed by atoms with Crippen LogP contribution in [0.4, 0.5) is 5.69 Å². The number of benzene rings is 1. The molecule has 0 saturated heterocycles. The van der Waals surface area contributed by atoms with Gasteiger partial charge in [0.1, 0.15) is 0 Å². The van der Waals surface area contributed by atoms with E-state index < -0.39 is 5.97 Å². The highest BCUT2D eigenvalue weighted by Crippen LogP contribution is 2.31. The van der Waals surface area contributed by atoms with Crippen molar-refractivity contribution in [2.75, 3.05) is 5.32 Å². The van der Waals surface area contributed by atoms with Gasteiger partial charge in [0.15, 0.2) is 0 Å². The summed E-state index contributed by atoms with van der Waals surface area (Å²) in [6.07, 6.45) is 1.44. The van der Waals surface area contributed by atoms with Crippen LogP contribution < -0.4 is 5.32 Å². The third kappa shape index (κ3) is 4.04. The van der Waals surface area contributed by atoms with Gasteiger partial charge in [-0.1, -0.05) is 29.8 Å². The van der Waals surface area contributed by atoms with Gasteiger partial charge in [0.25, 0.3) is 0 Å². The van der Waals surface area contributed by atoms with Gasteiger partial charge in [-0.05, 0) is 40.9 Å². The Kier molecular flexibility index (Phi) is 6.00. The maximum Gasteiger partial charge on any atom is 0.337 e. The number of nitrogens with one attached hydrogen (secondary N) is 1. The second-order valence-corrected chi connectivity index (χ2v) is 5.89. The summed E-state index contributed by atoms with van der Waals surface area (Å²) in [6, 6.07) is 3.17. The molecule has 1 rings (SSSR count). The molecule has 0 radical (unpaired) electrons. The van der Waals surface area contributed by atoms with Gasteiger partial charge >= 0.3 is 5.97 Å². The predicted molar refractivity (Wildman–Crippen MR) is 81.5 cm³/mol. The van der Waals surface area contributed by atoms with Crippen LogP contribution in [0, 0.1) is 5.92 Å². The average Bonchev–Trinajstić information content (AvgIpc) is 2.33. The number of carboxylic acids is 1. The molecular weight excluding hydrogens is 378 g/mol. The Morgan fingerprint density at radius 1 is 1.26 bits per heavy atom. The lowest BCUT2D eigenvalue weighted by Gasteiger charge is -2.16. The zero-order valence-electron chi connectivity index (χ0n) is 10.7.